The van der Waals surface area contributed by atoms with Gasteiger partial charge in [-0.1, -0.05) is 35.1 Å². The van der Waals surface area contributed by atoms with E-state index in [1.165, 1.54) is 0 Å². The summed E-state index contributed by atoms with van der Waals surface area (Å²) in [6, 6.07) is 0. The van der Waals surface area contributed by atoms with Crippen molar-refractivity contribution in [2.24, 2.45) is 0 Å². The van der Waals surface area contributed by atoms with Gasteiger partial charge in [-0.05, 0) is 30.9 Å². The number of hydrogen-bond donors (Lipinski definition) is 0. The molecule has 0 N–H and O–H groups in total. The average Bonchev–Trinajstić information content (AvgIpc) is 2.10. The Bertz CT molecular complexity index is 215. The molecule has 0 spiro atoms. The Morgan fingerprint density at radius 2 is 1.81 bits per heavy atom. The summed E-state index contributed by atoms with van der Waals surface area (Å²) in [5.41, 5.74) is 0. The Hall–Kier alpha value is 0.480. The second-order valence-electron chi connectivity index (χ2n) is 3.58. The fourth-order valence-corrected chi connectivity index (χ4v) is 2.22. The molecular formula is C10H14ClF4I. The van der Waals surface area contributed by atoms with E-state index in [0.29, 0.717) is 6.42 Å². The number of halogens is 6. The lowest BCUT2D eigenvalue weighted by Crippen LogP contribution is -2.37. The van der Waals surface area contributed by atoms with E-state index >= 15 is 0 Å². The highest BCUT2D eigenvalue weighted by Crippen LogP contribution is 2.42. The summed E-state index contributed by atoms with van der Waals surface area (Å²) in [7, 11) is 0. The Kier molecular flexibility index (Phi) is 7.25. The molecule has 16 heavy (non-hydrogen) atoms. The maximum Gasteiger partial charge on any atom is 0.384 e. The van der Waals surface area contributed by atoms with E-state index in [1.54, 1.807) is 28.7 Å². The number of allylic oxidation sites excluding steroid dienone is 1. The number of hydrogen-bond acceptors (Lipinski definition) is 0. The van der Waals surface area contributed by atoms with Gasteiger partial charge in [0.1, 0.15) is 0 Å². The highest BCUT2D eigenvalue weighted by atomic mass is 127. The fraction of sp³-hybridized carbons (Fsp3) is 0.800. The van der Waals surface area contributed by atoms with Gasteiger partial charge in [0.05, 0.1) is 0 Å². The van der Waals surface area contributed by atoms with E-state index in [1.807, 2.05) is 0 Å². The fourth-order valence-electron chi connectivity index (χ4n) is 1.15. The molecule has 0 aromatic heterocycles. The average molecular weight is 373 g/mol. The van der Waals surface area contributed by atoms with E-state index in [2.05, 4.69) is 18.2 Å². The molecule has 0 heterocycles. The van der Waals surface area contributed by atoms with Crippen LogP contribution in [0.2, 0.25) is 0 Å². The Morgan fingerprint density at radius 3 is 2.25 bits per heavy atom. The van der Waals surface area contributed by atoms with Crippen LogP contribution in [-0.4, -0.2) is 15.2 Å². The van der Waals surface area contributed by atoms with Crippen molar-refractivity contribution in [3.63, 3.8) is 0 Å². The zero-order chi connectivity index (χ0) is 12.8. The van der Waals surface area contributed by atoms with Crippen molar-refractivity contribution < 1.29 is 17.6 Å². The summed E-state index contributed by atoms with van der Waals surface area (Å²) in [6.07, 6.45) is 3.71. The number of unbranched alkanes of at least 4 members (excludes halogenated alkanes) is 2. The van der Waals surface area contributed by atoms with Crippen LogP contribution in [0.1, 0.15) is 32.1 Å². The standard InChI is InChI=1S/C10H14ClF4I/c1-2-3-4-5-6-8(16)7-9(12,13)10(11,14)15/h2,8H,1,3-7H2. The lowest BCUT2D eigenvalue weighted by molar-refractivity contribution is -0.160. The van der Waals surface area contributed by atoms with E-state index < -0.39 is 21.6 Å². The van der Waals surface area contributed by atoms with Crippen molar-refractivity contribution in [1.82, 2.24) is 0 Å². The molecule has 0 aromatic carbocycles. The van der Waals surface area contributed by atoms with Gasteiger partial charge in [-0.15, -0.1) is 6.58 Å². The Morgan fingerprint density at radius 1 is 1.25 bits per heavy atom. The van der Waals surface area contributed by atoms with E-state index in [-0.39, 0.29) is 0 Å². The van der Waals surface area contributed by atoms with Crippen molar-refractivity contribution in [3.8, 4) is 0 Å². The summed E-state index contributed by atoms with van der Waals surface area (Å²) in [6.45, 7) is 3.53. The molecule has 0 amide bonds. The third-order valence-corrected chi connectivity index (χ3v) is 3.41. The first-order valence-electron chi connectivity index (χ1n) is 4.90. The first-order valence-corrected chi connectivity index (χ1v) is 6.52. The maximum absolute atomic E-state index is 12.9. The van der Waals surface area contributed by atoms with Crippen LogP contribution < -0.4 is 0 Å². The quantitative estimate of drug-likeness (QED) is 0.176. The van der Waals surface area contributed by atoms with Crippen LogP contribution in [0.25, 0.3) is 0 Å². The van der Waals surface area contributed by atoms with Crippen molar-refractivity contribution in [1.29, 1.82) is 0 Å². The monoisotopic (exact) mass is 372 g/mol. The minimum atomic E-state index is -4.46. The lowest BCUT2D eigenvalue weighted by Gasteiger charge is -2.23. The van der Waals surface area contributed by atoms with Crippen molar-refractivity contribution in [3.05, 3.63) is 12.7 Å². The minimum Gasteiger partial charge on any atom is -0.198 e. The molecule has 0 bridgehead atoms. The van der Waals surface area contributed by atoms with Crippen molar-refractivity contribution in [2.45, 2.75) is 47.3 Å². The van der Waals surface area contributed by atoms with Crippen LogP contribution >= 0.6 is 34.2 Å². The maximum atomic E-state index is 12.9. The zero-order valence-corrected chi connectivity index (χ0v) is 11.6. The highest BCUT2D eigenvalue weighted by molar-refractivity contribution is 14.1. The molecule has 0 saturated carbocycles. The van der Waals surface area contributed by atoms with Crippen molar-refractivity contribution >= 4 is 34.2 Å². The van der Waals surface area contributed by atoms with Gasteiger partial charge < -0.3 is 0 Å². The molecule has 0 radical (unpaired) electrons. The lowest BCUT2D eigenvalue weighted by atomic mass is 10.1. The van der Waals surface area contributed by atoms with Gasteiger partial charge in [0.2, 0.25) is 0 Å². The summed E-state index contributed by atoms with van der Waals surface area (Å²) in [4.78, 5) is 0. The predicted molar refractivity (Wildman–Crippen MR) is 66.8 cm³/mol. The van der Waals surface area contributed by atoms with Gasteiger partial charge in [0.25, 0.3) is 0 Å². The van der Waals surface area contributed by atoms with Crippen molar-refractivity contribution in [2.75, 3.05) is 0 Å². The third-order valence-electron chi connectivity index (χ3n) is 2.07. The molecule has 0 aliphatic heterocycles. The molecule has 0 aliphatic carbocycles. The first-order chi connectivity index (χ1) is 7.20. The van der Waals surface area contributed by atoms with Gasteiger partial charge in [0.15, 0.2) is 0 Å². The Labute approximate surface area is 112 Å². The topological polar surface area (TPSA) is 0 Å². The summed E-state index contributed by atoms with van der Waals surface area (Å²) < 4.78 is 49.8. The van der Waals surface area contributed by atoms with Gasteiger partial charge in [0, 0.05) is 10.3 Å². The molecule has 6 heteroatoms. The van der Waals surface area contributed by atoms with E-state index in [9.17, 15) is 17.6 Å². The summed E-state index contributed by atoms with van der Waals surface area (Å²) >= 11 is 6.11. The summed E-state index contributed by atoms with van der Waals surface area (Å²) in [5, 5.41) is -4.46. The van der Waals surface area contributed by atoms with Gasteiger partial charge in [-0.2, -0.15) is 17.6 Å². The van der Waals surface area contributed by atoms with Crippen LogP contribution in [0.15, 0.2) is 12.7 Å². The molecule has 1 atom stereocenters. The minimum absolute atomic E-state index is 0.483. The first kappa shape index (κ1) is 16.5. The van der Waals surface area contributed by atoms with Crippen LogP contribution in [0.5, 0.6) is 0 Å². The predicted octanol–water partition coefficient (Wildman–Crippen LogP) is 5.39. The van der Waals surface area contributed by atoms with Crippen LogP contribution in [-0.2, 0) is 0 Å². The van der Waals surface area contributed by atoms with Gasteiger partial charge in [-0.3, -0.25) is 0 Å². The number of alkyl halides is 6. The molecular weight excluding hydrogens is 358 g/mol. The molecule has 1 unspecified atom stereocenters. The van der Waals surface area contributed by atoms with Crippen LogP contribution in [0.3, 0.4) is 0 Å². The van der Waals surface area contributed by atoms with Crippen LogP contribution in [0.4, 0.5) is 17.6 Å². The van der Waals surface area contributed by atoms with Gasteiger partial charge in [-0.25, -0.2) is 0 Å². The Balaban J connectivity index is 3.94. The molecule has 0 nitrogen and oxygen atoms in total. The van der Waals surface area contributed by atoms with Gasteiger partial charge >= 0.3 is 11.3 Å². The highest BCUT2D eigenvalue weighted by Gasteiger charge is 2.55. The molecule has 0 aromatic rings. The molecule has 96 valence electrons. The largest absolute Gasteiger partial charge is 0.384 e. The summed E-state index contributed by atoms with van der Waals surface area (Å²) in [5.74, 6) is -4.14. The zero-order valence-electron chi connectivity index (χ0n) is 8.67. The molecule has 0 rings (SSSR count). The van der Waals surface area contributed by atoms with E-state index in [4.69, 9.17) is 0 Å². The second kappa shape index (κ2) is 7.03. The smallest absolute Gasteiger partial charge is 0.198 e. The number of rotatable bonds is 8. The molecule has 0 fully saturated rings. The normalized spacial score (nSPS) is 14.9. The van der Waals surface area contributed by atoms with E-state index in [0.717, 1.165) is 19.3 Å². The second-order valence-corrected chi connectivity index (χ2v) is 5.81. The van der Waals surface area contributed by atoms with Crippen LogP contribution in [0, 0.1) is 0 Å². The third kappa shape index (κ3) is 6.27. The SMILES string of the molecule is C=CCCCCC(I)CC(F)(F)C(F)(F)Cl. The molecule has 0 saturated heterocycles. The molecule has 0 aliphatic rings.